The first-order chi connectivity index (χ1) is 7.88. The van der Waals surface area contributed by atoms with Crippen molar-refractivity contribution in [1.29, 1.82) is 0 Å². The topological polar surface area (TPSA) is 69.3 Å². The first-order valence-electron chi connectivity index (χ1n) is 4.60. The van der Waals surface area contributed by atoms with Crippen LogP contribution >= 0.6 is 10.7 Å². The molecule has 0 saturated carbocycles. The zero-order valence-electron chi connectivity index (χ0n) is 8.75. The maximum absolute atomic E-state index is 11.0. The molecular weight excluding hydrogens is 266 g/mol. The second-order valence-corrected chi connectivity index (χ2v) is 5.97. The average molecular weight is 274 g/mol. The minimum atomic E-state index is -3.73. The predicted molar refractivity (Wildman–Crippen MR) is 62.4 cm³/mol. The summed E-state index contributed by atoms with van der Waals surface area (Å²) in [7, 11) is 3.05. The highest BCUT2D eigenvalue weighted by molar-refractivity contribution is 8.13. The molecule has 0 aliphatic rings. The van der Waals surface area contributed by atoms with Gasteiger partial charge in [0.1, 0.15) is 0 Å². The van der Waals surface area contributed by atoms with Gasteiger partial charge in [-0.15, -0.1) is 0 Å². The molecule has 0 fully saturated rings. The number of nitrogens with zero attached hydrogens (tertiary/aromatic N) is 1. The van der Waals surface area contributed by atoms with Crippen molar-refractivity contribution in [3.05, 3.63) is 40.8 Å². The second kappa shape index (κ2) is 4.05. The zero-order chi connectivity index (χ0) is 12.6. The van der Waals surface area contributed by atoms with Gasteiger partial charge in [0.25, 0.3) is 9.05 Å². The molecule has 7 heteroatoms. The lowest BCUT2D eigenvalue weighted by Gasteiger charge is -2.01. The molecule has 17 heavy (non-hydrogen) atoms. The fourth-order valence-electron chi connectivity index (χ4n) is 1.47. The van der Waals surface area contributed by atoms with E-state index in [0.717, 1.165) is 0 Å². The number of hydrogen-bond acceptors (Lipinski definition) is 4. The number of rotatable bonds is 2. The largest absolute Gasteiger partial charge is 0.358 e. The van der Waals surface area contributed by atoms with Crippen LogP contribution in [0.15, 0.2) is 44.5 Å². The average Bonchev–Trinajstić information content (AvgIpc) is 2.57. The van der Waals surface area contributed by atoms with Crippen LogP contribution in [0.5, 0.6) is 0 Å². The van der Waals surface area contributed by atoms with Crippen LogP contribution in [0.1, 0.15) is 0 Å². The molecule has 0 N–H and O–H groups in total. The molecule has 90 valence electrons. The van der Waals surface area contributed by atoms with Gasteiger partial charge in [-0.05, 0) is 12.1 Å². The molecule has 0 unspecified atom stereocenters. The Hall–Kier alpha value is -1.53. The Kier molecular flexibility index (Phi) is 2.84. The molecule has 0 aliphatic heterocycles. The van der Waals surface area contributed by atoms with Gasteiger partial charge in [0.15, 0.2) is 0 Å². The van der Waals surface area contributed by atoms with E-state index in [0.29, 0.717) is 11.3 Å². The summed E-state index contributed by atoms with van der Waals surface area (Å²) in [5, 5.41) is 0. The Labute approximate surface area is 102 Å². The van der Waals surface area contributed by atoms with Gasteiger partial charge in [-0.1, -0.05) is 12.1 Å². The second-order valence-electron chi connectivity index (χ2n) is 3.40. The molecule has 0 radical (unpaired) electrons. The molecule has 0 atom stereocenters. The third kappa shape index (κ3) is 2.42. The van der Waals surface area contributed by atoms with Gasteiger partial charge in [0, 0.05) is 23.3 Å². The lowest BCUT2D eigenvalue weighted by molar-refractivity contribution is 0.289. The van der Waals surface area contributed by atoms with Crippen molar-refractivity contribution in [2.24, 2.45) is 7.05 Å². The first-order valence-corrected chi connectivity index (χ1v) is 6.91. The van der Waals surface area contributed by atoms with Crippen LogP contribution in [0.25, 0.3) is 11.3 Å². The number of aryl methyl sites for hydroxylation is 1. The van der Waals surface area contributed by atoms with Crippen LogP contribution in [-0.4, -0.2) is 13.2 Å². The zero-order valence-corrected chi connectivity index (χ0v) is 10.3. The highest BCUT2D eigenvalue weighted by Gasteiger charge is 2.11. The van der Waals surface area contributed by atoms with E-state index in [2.05, 4.69) is 0 Å². The number of halogens is 1. The van der Waals surface area contributed by atoms with Crippen molar-refractivity contribution < 1.29 is 12.9 Å². The Balaban J connectivity index is 2.50. The lowest BCUT2D eigenvalue weighted by Crippen LogP contribution is -1.92. The molecule has 2 rings (SSSR count). The molecule has 0 bridgehead atoms. The molecule has 5 nitrogen and oxygen atoms in total. The summed E-state index contributed by atoms with van der Waals surface area (Å²) in [4.78, 5) is 11.0. The molecular formula is C10H8ClNO4S. The first kappa shape index (κ1) is 11.9. The molecule has 0 amide bonds. The lowest BCUT2D eigenvalue weighted by atomic mass is 10.1. The third-order valence-electron chi connectivity index (χ3n) is 2.25. The minimum Gasteiger partial charge on any atom is -0.336 e. The fraction of sp³-hybridized carbons (Fsp3) is 0.100. The summed E-state index contributed by atoms with van der Waals surface area (Å²) >= 11 is 0. The third-order valence-corrected chi connectivity index (χ3v) is 3.62. The number of benzene rings is 1. The van der Waals surface area contributed by atoms with Crippen molar-refractivity contribution >= 4 is 19.7 Å². The Morgan fingerprint density at radius 1 is 1.24 bits per heavy atom. The Morgan fingerprint density at radius 3 is 2.24 bits per heavy atom. The number of aromatic nitrogens is 1. The van der Waals surface area contributed by atoms with Crippen molar-refractivity contribution in [3.63, 3.8) is 0 Å². The molecule has 0 spiro atoms. The van der Waals surface area contributed by atoms with Crippen molar-refractivity contribution in [1.82, 2.24) is 4.74 Å². The van der Waals surface area contributed by atoms with Gasteiger partial charge in [-0.25, -0.2) is 18.0 Å². The predicted octanol–water partition coefficient (Wildman–Crippen LogP) is 1.57. The highest BCUT2D eigenvalue weighted by atomic mass is 35.7. The van der Waals surface area contributed by atoms with E-state index in [1.54, 1.807) is 19.2 Å². The fourth-order valence-corrected chi connectivity index (χ4v) is 2.24. The van der Waals surface area contributed by atoms with E-state index in [1.165, 1.54) is 22.9 Å². The maximum Gasteiger partial charge on any atom is 0.358 e. The van der Waals surface area contributed by atoms with Gasteiger partial charge < -0.3 is 4.52 Å². The highest BCUT2D eigenvalue weighted by Crippen LogP contribution is 2.21. The molecule has 1 heterocycles. The van der Waals surface area contributed by atoms with Gasteiger partial charge in [-0.2, -0.15) is 0 Å². The summed E-state index contributed by atoms with van der Waals surface area (Å²) in [5.41, 5.74) is 0.771. The quantitative estimate of drug-likeness (QED) is 0.779. The molecule has 0 aliphatic carbocycles. The van der Waals surface area contributed by atoms with E-state index in [-0.39, 0.29) is 4.90 Å². The van der Waals surface area contributed by atoms with Crippen molar-refractivity contribution in [2.75, 3.05) is 0 Å². The molecule has 0 saturated heterocycles. The summed E-state index contributed by atoms with van der Waals surface area (Å²) < 4.78 is 28.2. The maximum atomic E-state index is 11.0. The standard InChI is InChI=1S/C10H8ClNO4S/c1-12-9(6-10(13)16-12)7-2-4-8(5-3-7)17(11,14)15/h2-6H,1H3. The van der Waals surface area contributed by atoms with Crippen LogP contribution in [0.2, 0.25) is 0 Å². The Morgan fingerprint density at radius 2 is 1.82 bits per heavy atom. The summed E-state index contributed by atoms with van der Waals surface area (Å²) in [5.74, 6) is 0. The smallest absolute Gasteiger partial charge is 0.336 e. The van der Waals surface area contributed by atoms with E-state index in [1.807, 2.05) is 0 Å². The summed E-state index contributed by atoms with van der Waals surface area (Å²) in [6.07, 6.45) is 0. The van der Waals surface area contributed by atoms with E-state index >= 15 is 0 Å². The normalized spacial score (nSPS) is 11.6. The molecule has 2 aromatic rings. The van der Waals surface area contributed by atoms with Gasteiger partial charge in [-0.3, -0.25) is 0 Å². The monoisotopic (exact) mass is 273 g/mol. The van der Waals surface area contributed by atoms with Crippen molar-refractivity contribution in [2.45, 2.75) is 4.90 Å². The van der Waals surface area contributed by atoms with Crippen LogP contribution in [0, 0.1) is 0 Å². The van der Waals surface area contributed by atoms with Crippen molar-refractivity contribution in [3.8, 4) is 11.3 Å². The molecule has 1 aromatic heterocycles. The van der Waals surface area contributed by atoms with Crippen LogP contribution in [0.3, 0.4) is 0 Å². The van der Waals surface area contributed by atoms with Gasteiger partial charge >= 0.3 is 5.63 Å². The van der Waals surface area contributed by atoms with Crippen LogP contribution in [0.4, 0.5) is 0 Å². The minimum absolute atomic E-state index is 0.0106. The summed E-state index contributed by atoms with van der Waals surface area (Å²) in [6.45, 7) is 0. The van der Waals surface area contributed by atoms with E-state index in [4.69, 9.17) is 15.2 Å². The van der Waals surface area contributed by atoms with Crippen LogP contribution in [-0.2, 0) is 16.1 Å². The van der Waals surface area contributed by atoms with Crippen LogP contribution < -0.4 is 5.63 Å². The van der Waals surface area contributed by atoms with E-state index in [9.17, 15) is 13.2 Å². The van der Waals surface area contributed by atoms with E-state index < -0.39 is 14.7 Å². The van der Waals surface area contributed by atoms with Gasteiger partial charge in [0.2, 0.25) is 0 Å². The number of hydrogen-bond donors (Lipinski definition) is 0. The SMILES string of the molecule is Cn1oc(=O)cc1-c1ccc(S(=O)(=O)Cl)cc1. The summed E-state index contributed by atoms with van der Waals surface area (Å²) in [6, 6.07) is 7.17. The molecule has 1 aromatic carbocycles. The Bertz CT molecular complexity index is 697. The van der Waals surface area contributed by atoms with Gasteiger partial charge in [0.05, 0.1) is 16.7 Å².